The van der Waals surface area contributed by atoms with E-state index >= 15 is 0 Å². The van der Waals surface area contributed by atoms with Gasteiger partial charge in [0.15, 0.2) is 11.5 Å². The van der Waals surface area contributed by atoms with Crippen molar-refractivity contribution in [3.63, 3.8) is 0 Å². The van der Waals surface area contributed by atoms with Gasteiger partial charge in [0.1, 0.15) is 0 Å². The Balaban J connectivity index is 2.08. The molecule has 17 heavy (non-hydrogen) atoms. The average molecular weight is 300 g/mol. The van der Waals surface area contributed by atoms with Crippen molar-refractivity contribution >= 4 is 15.9 Å². The van der Waals surface area contributed by atoms with E-state index in [1.165, 1.54) is 19.3 Å². The SMILES string of the molecule is COc1cc(CNC2(C)CCC2)cc(Br)c1O. The van der Waals surface area contributed by atoms with Gasteiger partial charge in [0.05, 0.1) is 11.6 Å². The number of hydrogen-bond acceptors (Lipinski definition) is 3. The number of aromatic hydroxyl groups is 1. The van der Waals surface area contributed by atoms with E-state index < -0.39 is 0 Å². The van der Waals surface area contributed by atoms with Gasteiger partial charge in [-0.2, -0.15) is 0 Å². The van der Waals surface area contributed by atoms with Gasteiger partial charge < -0.3 is 15.2 Å². The van der Waals surface area contributed by atoms with Crippen molar-refractivity contribution in [2.45, 2.75) is 38.3 Å². The molecule has 0 aliphatic heterocycles. The molecule has 2 rings (SSSR count). The van der Waals surface area contributed by atoms with E-state index in [4.69, 9.17) is 4.74 Å². The van der Waals surface area contributed by atoms with Crippen LogP contribution in [-0.4, -0.2) is 17.8 Å². The number of phenolic OH excluding ortho intramolecular Hbond substituents is 1. The molecule has 2 N–H and O–H groups in total. The molecule has 0 saturated heterocycles. The maximum Gasteiger partial charge on any atom is 0.172 e. The third kappa shape index (κ3) is 2.75. The van der Waals surface area contributed by atoms with Gasteiger partial charge in [-0.05, 0) is 59.8 Å². The molecule has 3 nitrogen and oxygen atoms in total. The summed E-state index contributed by atoms with van der Waals surface area (Å²) in [5.41, 5.74) is 1.40. The van der Waals surface area contributed by atoms with E-state index in [1.807, 2.05) is 12.1 Å². The molecule has 0 atom stereocenters. The molecule has 0 unspecified atom stereocenters. The van der Waals surface area contributed by atoms with Crippen LogP contribution in [0.4, 0.5) is 0 Å². The zero-order chi connectivity index (χ0) is 12.5. The van der Waals surface area contributed by atoms with Gasteiger partial charge in [-0.1, -0.05) is 0 Å². The van der Waals surface area contributed by atoms with Crippen LogP contribution in [0.15, 0.2) is 16.6 Å². The number of rotatable bonds is 4. The van der Waals surface area contributed by atoms with Crippen molar-refractivity contribution in [3.8, 4) is 11.5 Å². The summed E-state index contributed by atoms with van der Waals surface area (Å²) in [7, 11) is 1.56. The molecule has 1 saturated carbocycles. The average Bonchev–Trinajstić information content (AvgIpc) is 2.28. The van der Waals surface area contributed by atoms with E-state index in [0.29, 0.717) is 10.2 Å². The fourth-order valence-corrected chi connectivity index (χ4v) is 2.57. The Hall–Kier alpha value is -0.740. The second kappa shape index (κ2) is 4.86. The van der Waals surface area contributed by atoms with E-state index in [2.05, 4.69) is 28.2 Å². The molecule has 1 aliphatic rings. The molecule has 1 aromatic rings. The molecule has 0 bridgehead atoms. The van der Waals surface area contributed by atoms with Gasteiger partial charge >= 0.3 is 0 Å². The molecule has 1 aromatic carbocycles. The van der Waals surface area contributed by atoms with Crippen LogP contribution in [0, 0.1) is 0 Å². The highest BCUT2D eigenvalue weighted by atomic mass is 79.9. The predicted molar refractivity (Wildman–Crippen MR) is 71.5 cm³/mol. The third-order valence-corrected chi connectivity index (χ3v) is 4.09. The number of ether oxygens (including phenoxy) is 1. The standard InChI is InChI=1S/C13H18BrNO2/c1-13(4-3-5-13)15-8-9-6-10(14)12(16)11(7-9)17-2/h6-7,15-16H,3-5,8H2,1-2H3. The quantitative estimate of drug-likeness (QED) is 0.897. The molecule has 4 heteroatoms. The summed E-state index contributed by atoms with van der Waals surface area (Å²) in [6, 6.07) is 3.79. The van der Waals surface area contributed by atoms with Crippen LogP contribution in [0.3, 0.4) is 0 Å². The maximum atomic E-state index is 9.72. The number of hydrogen-bond donors (Lipinski definition) is 2. The number of nitrogens with one attached hydrogen (secondary N) is 1. The minimum absolute atomic E-state index is 0.158. The van der Waals surface area contributed by atoms with Crippen LogP contribution >= 0.6 is 15.9 Å². The first-order valence-corrected chi connectivity index (χ1v) is 6.64. The molecule has 94 valence electrons. The number of methoxy groups -OCH3 is 1. The molecular formula is C13H18BrNO2. The van der Waals surface area contributed by atoms with Crippen LogP contribution in [0.2, 0.25) is 0 Å². The van der Waals surface area contributed by atoms with E-state index in [-0.39, 0.29) is 11.3 Å². The first kappa shape index (κ1) is 12.7. The highest BCUT2D eigenvalue weighted by molar-refractivity contribution is 9.10. The number of phenols is 1. The zero-order valence-corrected chi connectivity index (χ0v) is 11.8. The Labute approximate surface area is 110 Å². The van der Waals surface area contributed by atoms with E-state index in [0.717, 1.165) is 12.1 Å². The Morgan fingerprint density at radius 2 is 2.18 bits per heavy atom. The zero-order valence-electron chi connectivity index (χ0n) is 10.2. The van der Waals surface area contributed by atoms with Crippen LogP contribution in [0.25, 0.3) is 0 Å². The lowest BCUT2D eigenvalue weighted by Gasteiger charge is -2.39. The molecule has 0 heterocycles. The summed E-state index contributed by atoms with van der Waals surface area (Å²) in [6.45, 7) is 3.05. The topological polar surface area (TPSA) is 41.5 Å². The van der Waals surface area contributed by atoms with Crippen molar-refractivity contribution < 1.29 is 9.84 Å². The molecule has 0 spiro atoms. The molecule has 1 aliphatic carbocycles. The lowest BCUT2D eigenvalue weighted by atomic mass is 9.78. The first-order valence-electron chi connectivity index (χ1n) is 5.84. The summed E-state index contributed by atoms with van der Waals surface area (Å²) < 4.78 is 5.80. The predicted octanol–water partition coefficient (Wildman–Crippen LogP) is 3.20. The summed E-state index contributed by atoms with van der Waals surface area (Å²) in [5.74, 6) is 0.668. The summed E-state index contributed by atoms with van der Waals surface area (Å²) in [6.07, 6.45) is 3.79. The second-order valence-electron chi connectivity index (χ2n) is 4.90. The van der Waals surface area contributed by atoms with Gasteiger partial charge in [-0.25, -0.2) is 0 Å². The van der Waals surface area contributed by atoms with Crippen LogP contribution in [-0.2, 0) is 6.54 Å². The van der Waals surface area contributed by atoms with E-state index in [9.17, 15) is 5.11 Å². The summed E-state index contributed by atoms with van der Waals surface area (Å²) >= 11 is 3.33. The Morgan fingerprint density at radius 3 is 2.71 bits per heavy atom. The highest BCUT2D eigenvalue weighted by Crippen LogP contribution is 2.36. The van der Waals surface area contributed by atoms with Crippen molar-refractivity contribution in [3.05, 3.63) is 22.2 Å². The molecule has 0 amide bonds. The minimum atomic E-state index is 0.158. The van der Waals surface area contributed by atoms with Crippen molar-refractivity contribution in [1.82, 2.24) is 5.32 Å². The Bertz CT molecular complexity index is 416. The van der Waals surface area contributed by atoms with E-state index in [1.54, 1.807) is 7.11 Å². The van der Waals surface area contributed by atoms with Crippen LogP contribution in [0.1, 0.15) is 31.7 Å². The molecular weight excluding hydrogens is 282 g/mol. The molecule has 0 aromatic heterocycles. The van der Waals surface area contributed by atoms with Gasteiger partial charge in [0.25, 0.3) is 0 Å². The Kier molecular flexibility index (Phi) is 3.64. The summed E-state index contributed by atoms with van der Waals surface area (Å²) in [4.78, 5) is 0. The third-order valence-electron chi connectivity index (χ3n) is 3.48. The smallest absolute Gasteiger partial charge is 0.172 e. The molecule has 1 fully saturated rings. The Morgan fingerprint density at radius 1 is 1.47 bits per heavy atom. The van der Waals surface area contributed by atoms with Crippen molar-refractivity contribution in [2.24, 2.45) is 0 Å². The molecule has 0 radical (unpaired) electrons. The maximum absolute atomic E-state index is 9.72. The van der Waals surface area contributed by atoms with Crippen molar-refractivity contribution in [1.29, 1.82) is 0 Å². The van der Waals surface area contributed by atoms with Crippen molar-refractivity contribution in [2.75, 3.05) is 7.11 Å². The number of halogens is 1. The fourth-order valence-electron chi connectivity index (χ4n) is 2.08. The number of benzene rings is 1. The summed E-state index contributed by atoms with van der Waals surface area (Å²) in [5, 5.41) is 13.3. The van der Waals surface area contributed by atoms with Gasteiger partial charge in [0.2, 0.25) is 0 Å². The van der Waals surface area contributed by atoms with Crippen LogP contribution in [0.5, 0.6) is 11.5 Å². The van der Waals surface area contributed by atoms with Gasteiger partial charge in [-0.3, -0.25) is 0 Å². The lowest BCUT2D eigenvalue weighted by Crippen LogP contribution is -2.47. The monoisotopic (exact) mass is 299 g/mol. The highest BCUT2D eigenvalue weighted by Gasteiger charge is 2.30. The van der Waals surface area contributed by atoms with Gasteiger partial charge in [-0.15, -0.1) is 0 Å². The van der Waals surface area contributed by atoms with Gasteiger partial charge in [0, 0.05) is 12.1 Å². The van der Waals surface area contributed by atoms with Crippen LogP contribution < -0.4 is 10.1 Å². The minimum Gasteiger partial charge on any atom is -0.503 e. The first-order chi connectivity index (χ1) is 8.04. The largest absolute Gasteiger partial charge is 0.503 e. The lowest BCUT2D eigenvalue weighted by molar-refractivity contribution is 0.206. The fraction of sp³-hybridized carbons (Fsp3) is 0.538. The second-order valence-corrected chi connectivity index (χ2v) is 5.75. The normalized spacial score (nSPS) is 17.6.